The van der Waals surface area contributed by atoms with Crippen molar-refractivity contribution in [1.82, 2.24) is 20.2 Å². The van der Waals surface area contributed by atoms with Crippen LogP contribution in [0.15, 0.2) is 30.9 Å². The summed E-state index contributed by atoms with van der Waals surface area (Å²) < 4.78 is 25.5. The largest absolute Gasteiger partial charge is 0.487 e. The van der Waals surface area contributed by atoms with Gasteiger partial charge < -0.3 is 14.8 Å². The highest BCUT2D eigenvalue weighted by Gasteiger charge is 2.29. The van der Waals surface area contributed by atoms with Crippen molar-refractivity contribution < 1.29 is 18.7 Å². The average molecular weight is 386 g/mol. The first-order chi connectivity index (χ1) is 13.6. The van der Waals surface area contributed by atoms with E-state index in [-0.39, 0.29) is 23.9 Å². The quantitative estimate of drug-likeness (QED) is 0.838. The van der Waals surface area contributed by atoms with Crippen LogP contribution in [0.3, 0.4) is 0 Å². The SMILES string of the molecule is C[C@H](C(=O)NC[C@H]1Cc2cc(F)cc(-c3cncnc3)c2O1)N1CCOCC1. The van der Waals surface area contributed by atoms with Gasteiger partial charge in [0, 0.05) is 48.6 Å². The van der Waals surface area contributed by atoms with Crippen LogP contribution in [0.1, 0.15) is 12.5 Å². The van der Waals surface area contributed by atoms with E-state index in [4.69, 9.17) is 9.47 Å². The van der Waals surface area contributed by atoms with Gasteiger partial charge in [-0.05, 0) is 19.1 Å². The summed E-state index contributed by atoms with van der Waals surface area (Å²) in [6, 6.07) is 2.70. The third-order valence-electron chi connectivity index (χ3n) is 5.21. The minimum atomic E-state index is -0.327. The fourth-order valence-corrected chi connectivity index (χ4v) is 3.65. The maximum Gasteiger partial charge on any atom is 0.237 e. The molecular formula is C20H23FN4O3. The second-order valence-corrected chi connectivity index (χ2v) is 7.08. The number of amides is 1. The van der Waals surface area contributed by atoms with Gasteiger partial charge in [-0.1, -0.05) is 0 Å². The minimum Gasteiger partial charge on any atom is -0.487 e. The van der Waals surface area contributed by atoms with Crippen LogP contribution in [0.25, 0.3) is 11.1 Å². The van der Waals surface area contributed by atoms with E-state index >= 15 is 0 Å². The Balaban J connectivity index is 1.40. The van der Waals surface area contributed by atoms with E-state index in [1.165, 1.54) is 18.5 Å². The second kappa shape index (κ2) is 8.20. The molecule has 7 nitrogen and oxygen atoms in total. The number of carbonyl (C=O) groups excluding carboxylic acids is 1. The molecule has 8 heteroatoms. The zero-order valence-corrected chi connectivity index (χ0v) is 15.7. The standard InChI is InChI=1S/C20H23FN4O3/c1-13(25-2-4-27-5-3-25)20(26)24-11-17-7-14-6-16(21)8-18(19(14)28-17)15-9-22-12-23-10-15/h6,8-10,12-13,17H,2-5,7,11H2,1H3,(H,24,26)/t13-,17-/m1/s1. The highest BCUT2D eigenvalue weighted by atomic mass is 19.1. The Labute approximate surface area is 162 Å². The lowest BCUT2D eigenvalue weighted by Gasteiger charge is -2.31. The molecule has 0 aliphatic carbocycles. The topological polar surface area (TPSA) is 76.6 Å². The second-order valence-electron chi connectivity index (χ2n) is 7.08. The van der Waals surface area contributed by atoms with E-state index in [1.807, 2.05) is 6.92 Å². The Morgan fingerprint density at radius 2 is 2.07 bits per heavy atom. The molecule has 2 aliphatic heterocycles. The first-order valence-corrected chi connectivity index (χ1v) is 9.46. The van der Waals surface area contributed by atoms with Crippen LogP contribution in [0.2, 0.25) is 0 Å². The summed E-state index contributed by atoms with van der Waals surface area (Å²) in [6.45, 7) is 5.07. The molecule has 1 amide bonds. The first kappa shape index (κ1) is 18.8. The van der Waals surface area contributed by atoms with E-state index in [0.29, 0.717) is 43.1 Å². The summed E-state index contributed by atoms with van der Waals surface area (Å²) in [5, 5.41) is 2.97. The van der Waals surface area contributed by atoms with Crippen molar-refractivity contribution in [2.75, 3.05) is 32.8 Å². The van der Waals surface area contributed by atoms with Crippen LogP contribution >= 0.6 is 0 Å². The number of hydrogen-bond donors (Lipinski definition) is 1. The van der Waals surface area contributed by atoms with Crippen LogP contribution in [-0.2, 0) is 16.0 Å². The molecule has 0 spiro atoms. The summed E-state index contributed by atoms with van der Waals surface area (Å²) in [6.07, 6.45) is 4.99. The lowest BCUT2D eigenvalue weighted by atomic mass is 10.0. The molecule has 2 atom stereocenters. The first-order valence-electron chi connectivity index (χ1n) is 9.46. The van der Waals surface area contributed by atoms with E-state index < -0.39 is 0 Å². The maximum atomic E-state index is 14.1. The number of rotatable bonds is 5. The molecule has 1 N–H and O–H groups in total. The Morgan fingerprint density at radius 3 is 2.82 bits per heavy atom. The number of fused-ring (bicyclic) bond motifs is 1. The molecule has 2 aliphatic rings. The van der Waals surface area contributed by atoms with Crippen molar-refractivity contribution in [3.8, 4) is 16.9 Å². The number of carbonyl (C=O) groups is 1. The normalized spacial score (nSPS) is 20.3. The summed E-state index contributed by atoms with van der Waals surface area (Å²) in [4.78, 5) is 22.6. The molecule has 1 fully saturated rings. The van der Waals surface area contributed by atoms with Gasteiger partial charge in [0.15, 0.2) is 0 Å². The average Bonchev–Trinajstić information content (AvgIpc) is 3.14. The Bertz CT molecular complexity index is 843. The molecule has 148 valence electrons. The maximum absolute atomic E-state index is 14.1. The summed E-state index contributed by atoms with van der Waals surface area (Å²) in [7, 11) is 0. The number of halogens is 1. The van der Waals surface area contributed by atoms with Crippen LogP contribution in [0, 0.1) is 5.82 Å². The monoisotopic (exact) mass is 386 g/mol. The van der Waals surface area contributed by atoms with Crippen LogP contribution in [0.5, 0.6) is 5.75 Å². The van der Waals surface area contributed by atoms with Crippen molar-refractivity contribution in [2.45, 2.75) is 25.5 Å². The van der Waals surface area contributed by atoms with Gasteiger partial charge >= 0.3 is 0 Å². The van der Waals surface area contributed by atoms with Crippen molar-refractivity contribution in [2.24, 2.45) is 0 Å². The summed E-state index contributed by atoms with van der Waals surface area (Å²) >= 11 is 0. The zero-order valence-electron chi connectivity index (χ0n) is 15.7. The Hall–Kier alpha value is -2.58. The van der Waals surface area contributed by atoms with Gasteiger partial charge in [-0.15, -0.1) is 0 Å². The number of hydrogen-bond acceptors (Lipinski definition) is 6. The number of ether oxygens (including phenoxy) is 2. The Morgan fingerprint density at radius 1 is 1.32 bits per heavy atom. The summed E-state index contributed by atoms with van der Waals surface area (Å²) in [5.74, 6) is 0.271. The molecular weight excluding hydrogens is 363 g/mol. The molecule has 1 aromatic carbocycles. The molecule has 2 aromatic rings. The lowest BCUT2D eigenvalue weighted by molar-refractivity contribution is -0.127. The molecule has 0 bridgehead atoms. The van der Waals surface area contributed by atoms with Gasteiger partial charge in [-0.25, -0.2) is 14.4 Å². The number of nitrogens with one attached hydrogen (secondary N) is 1. The highest BCUT2D eigenvalue weighted by molar-refractivity contribution is 5.81. The predicted octanol–water partition coefficient (Wildman–Crippen LogP) is 1.42. The van der Waals surface area contributed by atoms with Gasteiger partial charge in [0.2, 0.25) is 5.91 Å². The molecule has 4 rings (SSSR count). The van der Waals surface area contributed by atoms with Crippen molar-refractivity contribution in [1.29, 1.82) is 0 Å². The van der Waals surface area contributed by atoms with E-state index in [9.17, 15) is 9.18 Å². The van der Waals surface area contributed by atoms with Gasteiger partial charge in [-0.3, -0.25) is 9.69 Å². The number of nitrogens with zero attached hydrogens (tertiary/aromatic N) is 3. The highest BCUT2D eigenvalue weighted by Crippen LogP contribution is 2.39. The predicted molar refractivity (Wildman–Crippen MR) is 100 cm³/mol. The fraction of sp³-hybridized carbons (Fsp3) is 0.450. The molecule has 1 saturated heterocycles. The van der Waals surface area contributed by atoms with Gasteiger partial charge in [0.05, 0.1) is 25.8 Å². The minimum absolute atomic E-state index is 0.0377. The number of benzene rings is 1. The van der Waals surface area contributed by atoms with Crippen LogP contribution in [0.4, 0.5) is 4.39 Å². The fourth-order valence-electron chi connectivity index (χ4n) is 3.65. The zero-order chi connectivity index (χ0) is 19.5. The Kier molecular flexibility index (Phi) is 5.50. The van der Waals surface area contributed by atoms with E-state index in [2.05, 4.69) is 20.2 Å². The third kappa shape index (κ3) is 3.98. The smallest absolute Gasteiger partial charge is 0.237 e. The van der Waals surface area contributed by atoms with Gasteiger partial charge in [0.1, 0.15) is 24.0 Å². The number of aromatic nitrogens is 2. The van der Waals surface area contributed by atoms with Crippen LogP contribution < -0.4 is 10.1 Å². The molecule has 3 heterocycles. The lowest BCUT2D eigenvalue weighted by Crippen LogP contribution is -2.50. The van der Waals surface area contributed by atoms with Gasteiger partial charge in [0.25, 0.3) is 0 Å². The van der Waals surface area contributed by atoms with E-state index in [0.717, 1.165) is 18.7 Å². The number of morpholine rings is 1. The van der Waals surface area contributed by atoms with Crippen molar-refractivity contribution in [3.63, 3.8) is 0 Å². The molecule has 0 saturated carbocycles. The third-order valence-corrected chi connectivity index (χ3v) is 5.21. The van der Waals surface area contributed by atoms with Crippen LogP contribution in [-0.4, -0.2) is 65.8 Å². The summed E-state index contributed by atoms with van der Waals surface area (Å²) in [5.41, 5.74) is 2.12. The van der Waals surface area contributed by atoms with Crippen molar-refractivity contribution >= 4 is 5.91 Å². The molecule has 0 radical (unpaired) electrons. The molecule has 28 heavy (non-hydrogen) atoms. The van der Waals surface area contributed by atoms with E-state index in [1.54, 1.807) is 12.4 Å². The molecule has 0 unspecified atom stereocenters. The molecule has 1 aromatic heterocycles. The van der Waals surface area contributed by atoms with Gasteiger partial charge in [-0.2, -0.15) is 0 Å². The van der Waals surface area contributed by atoms with Crippen molar-refractivity contribution in [3.05, 3.63) is 42.2 Å².